The number of hydrogen-bond donors (Lipinski definition) is 1. The molecule has 0 saturated carbocycles. The summed E-state index contributed by atoms with van der Waals surface area (Å²) >= 11 is 0. The molecule has 0 saturated heterocycles. The number of amides is 1. The Morgan fingerprint density at radius 2 is 1.48 bits per heavy atom. The lowest BCUT2D eigenvalue weighted by Gasteiger charge is -2.08. The zero-order valence-corrected chi connectivity index (χ0v) is 15.8. The third kappa shape index (κ3) is 7.94. The fourth-order valence-electron chi connectivity index (χ4n) is 2.58. The van der Waals surface area contributed by atoms with Crippen molar-refractivity contribution in [1.29, 1.82) is 0 Å². The number of nitrogens with one attached hydrogen (secondary N) is 1. The quantitative estimate of drug-likeness (QED) is 0.348. The van der Waals surface area contributed by atoms with Gasteiger partial charge in [-0.3, -0.25) is 0 Å². The van der Waals surface area contributed by atoms with Gasteiger partial charge >= 0.3 is 12.1 Å². The maximum absolute atomic E-state index is 12.1. The number of esters is 1. The maximum atomic E-state index is 12.1. The summed E-state index contributed by atoms with van der Waals surface area (Å²) in [5.74, 6) is 0.194. The molecule has 2 rings (SSSR count). The molecule has 1 amide bonds. The van der Waals surface area contributed by atoms with Crippen LogP contribution in [0.3, 0.4) is 0 Å². The van der Waals surface area contributed by atoms with E-state index in [-0.39, 0.29) is 0 Å². The zero-order valence-electron chi connectivity index (χ0n) is 15.8. The molecule has 27 heavy (non-hydrogen) atoms. The second-order valence-electron chi connectivity index (χ2n) is 6.31. The van der Waals surface area contributed by atoms with Crippen LogP contribution in [0.4, 0.5) is 4.79 Å². The van der Waals surface area contributed by atoms with Gasteiger partial charge in [-0.2, -0.15) is 0 Å². The first-order valence-electron chi connectivity index (χ1n) is 9.52. The van der Waals surface area contributed by atoms with Gasteiger partial charge in [0, 0.05) is 12.6 Å². The lowest BCUT2D eigenvalue weighted by Crippen LogP contribution is -2.27. The van der Waals surface area contributed by atoms with Crippen LogP contribution in [0, 0.1) is 0 Å². The van der Waals surface area contributed by atoms with Crippen molar-refractivity contribution in [2.45, 2.75) is 45.4 Å². The minimum atomic E-state index is -0.505. The first kappa shape index (κ1) is 20.5. The summed E-state index contributed by atoms with van der Waals surface area (Å²) in [5, 5.41) is 2.74. The monoisotopic (exact) mass is 369 g/mol. The highest BCUT2D eigenvalue weighted by Crippen LogP contribution is 2.20. The third-order valence-corrected chi connectivity index (χ3v) is 4.04. The highest BCUT2D eigenvalue weighted by Gasteiger charge is 2.10. The molecule has 0 unspecified atom stereocenters. The van der Waals surface area contributed by atoms with Crippen molar-refractivity contribution < 1.29 is 19.1 Å². The number of unbranched alkanes of at least 4 members (excludes halogenated alkanes) is 5. The van der Waals surface area contributed by atoms with Gasteiger partial charge in [0.15, 0.2) is 0 Å². The average molecular weight is 369 g/mol. The van der Waals surface area contributed by atoms with Gasteiger partial charge in [0.05, 0.1) is 5.56 Å². The minimum Gasteiger partial charge on any atom is -0.423 e. The van der Waals surface area contributed by atoms with Gasteiger partial charge in [0.2, 0.25) is 0 Å². The smallest absolute Gasteiger partial charge is 0.412 e. The largest absolute Gasteiger partial charge is 0.423 e. The van der Waals surface area contributed by atoms with E-state index in [1.807, 2.05) is 6.07 Å². The molecule has 0 aliphatic heterocycles. The van der Waals surface area contributed by atoms with Crippen molar-refractivity contribution in [2.75, 3.05) is 6.54 Å². The van der Waals surface area contributed by atoms with Crippen LogP contribution in [0.2, 0.25) is 0 Å². The van der Waals surface area contributed by atoms with Crippen molar-refractivity contribution >= 4 is 12.1 Å². The molecule has 0 aliphatic rings. The second-order valence-corrected chi connectivity index (χ2v) is 6.31. The molecule has 144 valence electrons. The summed E-state index contributed by atoms with van der Waals surface area (Å²) in [6, 6.07) is 15.2. The van der Waals surface area contributed by atoms with E-state index in [2.05, 4.69) is 12.2 Å². The lowest BCUT2D eigenvalue weighted by atomic mass is 10.1. The molecule has 1 N–H and O–H groups in total. The number of carbonyl (C=O) groups excluding carboxylic acids is 2. The van der Waals surface area contributed by atoms with Gasteiger partial charge in [-0.25, -0.2) is 9.59 Å². The summed E-state index contributed by atoms with van der Waals surface area (Å²) < 4.78 is 10.6. The van der Waals surface area contributed by atoms with Crippen LogP contribution in [0.25, 0.3) is 0 Å². The van der Waals surface area contributed by atoms with Gasteiger partial charge in [-0.05, 0) is 30.7 Å². The van der Waals surface area contributed by atoms with Gasteiger partial charge in [0.25, 0.3) is 0 Å². The van der Waals surface area contributed by atoms with Crippen LogP contribution in [0.15, 0.2) is 54.6 Å². The fourth-order valence-corrected chi connectivity index (χ4v) is 2.58. The van der Waals surface area contributed by atoms with Crippen LogP contribution >= 0.6 is 0 Å². The molecule has 0 fully saturated rings. The van der Waals surface area contributed by atoms with Gasteiger partial charge < -0.3 is 14.8 Å². The number of rotatable bonds is 10. The highest BCUT2D eigenvalue weighted by atomic mass is 16.6. The molecule has 0 aromatic heterocycles. The molecule has 0 aliphatic carbocycles. The number of benzene rings is 2. The molecule has 0 atom stereocenters. The van der Waals surface area contributed by atoms with Crippen LogP contribution in [0.1, 0.15) is 55.8 Å². The van der Waals surface area contributed by atoms with Crippen molar-refractivity contribution in [1.82, 2.24) is 5.32 Å². The molecule has 2 aromatic carbocycles. The lowest BCUT2D eigenvalue weighted by molar-refractivity contribution is 0.0734. The first-order valence-corrected chi connectivity index (χ1v) is 9.52. The second kappa shape index (κ2) is 11.7. The van der Waals surface area contributed by atoms with Gasteiger partial charge in [0.1, 0.15) is 11.5 Å². The van der Waals surface area contributed by atoms with Crippen LogP contribution in [0.5, 0.6) is 11.5 Å². The van der Waals surface area contributed by atoms with Gasteiger partial charge in [-0.1, -0.05) is 63.3 Å². The Kier molecular flexibility index (Phi) is 8.90. The van der Waals surface area contributed by atoms with E-state index < -0.39 is 12.1 Å². The van der Waals surface area contributed by atoms with Gasteiger partial charge in [-0.15, -0.1) is 0 Å². The Morgan fingerprint density at radius 1 is 0.815 bits per heavy atom. The molecule has 0 spiro atoms. The number of carbonyl (C=O) groups is 2. The highest BCUT2D eigenvalue weighted by molar-refractivity contribution is 5.91. The van der Waals surface area contributed by atoms with E-state index in [1.54, 1.807) is 42.5 Å². The fraction of sp³-hybridized carbons (Fsp3) is 0.364. The molecule has 2 aromatic rings. The Balaban J connectivity index is 1.74. The summed E-state index contributed by atoms with van der Waals surface area (Å²) in [4.78, 5) is 23.9. The van der Waals surface area contributed by atoms with Crippen LogP contribution < -0.4 is 14.8 Å². The number of hydrogen-bond acceptors (Lipinski definition) is 4. The van der Waals surface area contributed by atoms with E-state index in [1.165, 1.54) is 31.7 Å². The van der Waals surface area contributed by atoms with E-state index in [0.29, 0.717) is 23.6 Å². The van der Waals surface area contributed by atoms with Crippen molar-refractivity contribution in [3.63, 3.8) is 0 Å². The normalized spacial score (nSPS) is 10.3. The summed E-state index contributed by atoms with van der Waals surface area (Å²) in [5.41, 5.74) is 0.459. The minimum absolute atomic E-state index is 0.324. The average Bonchev–Trinajstić information content (AvgIpc) is 2.68. The van der Waals surface area contributed by atoms with Crippen LogP contribution in [-0.4, -0.2) is 18.6 Å². The van der Waals surface area contributed by atoms with E-state index in [4.69, 9.17) is 9.47 Å². The predicted molar refractivity (Wildman–Crippen MR) is 105 cm³/mol. The van der Waals surface area contributed by atoms with Crippen LogP contribution in [-0.2, 0) is 0 Å². The number of ether oxygens (including phenoxy) is 2. The summed E-state index contributed by atoms with van der Waals surface area (Å²) in [7, 11) is 0. The van der Waals surface area contributed by atoms with Crippen molar-refractivity contribution in [3.8, 4) is 11.5 Å². The molecule has 5 heteroatoms. The standard InChI is InChI=1S/C22H27NO4/c1-2-3-4-5-6-10-16-23-22(25)27-20-15-11-14-19(17-20)26-21(24)18-12-8-7-9-13-18/h7-9,11-15,17H,2-6,10,16H2,1H3,(H,23,25). The van der Waals surface area contributed by atoms with E-state index >= 15 is 0 Å². The SMILES string of the molecule is CCCCCCCCNC(=O)Oc1cccc(OC(=O)c2ccccc2)c1. The molecule has 0 heterocycles. The molecule has 5 nitrogen and oxygen atoms in total. The molecular weight excluding hydrogens is 342 g/mol. The summed E-state index contributed by atoms with van der Waals surface area (Å²) in [6.45, 7) is 2.78. The molecule has 0 bridgehead atoms. The topological polar surface area (TPSA) is 64.6 Å². The maximum Gasteiger partial charge on any atom is 0.412 e. The first-order chi connectivity index (χ1) is 13.2. The third-order valence-electron chi connectivity index (χ3n) is 4.04. The Labute approximate surface area is 160 Å². The zero-order chi connectivity index (χ0) is 19.3. The predicted octanol–water partition coefficient (Wildman–Crippen LogP) is 5.35. The summed E-state index contributed by atoms with van der Waals surface area (Å²) in [6.07, 6.45) is 6.47. The Morgan fingerprint density at radius 3 is 2.22 bits per heavy atom. The van der Waals surface area contributed by atoms with Crippen molar-refractivity contribution in [2.24, 2.45) is 0 Å². The molecular formula is C22H27NO4. The van der Waals surface area contributed by atoms with E-state index in [0.717, 1.165) is 12.8 Å². The Hall–Kier alpha value is -2.82. The van der Waals surface area contributed by atoms with E-state index in [9.17, 15) is 9.59 Å². The molecule has 0 radical (unpaired) electrons. The Bertz CT molecular complexity index is 715. The van der Waals surface area contributed by atoms with Crippen molar-refractivity contribution in [3.05, 3.63) is 60.2 Å².